The van der Waals surface area contributed by atoms with Crippen molar-refractivity contribution in [1.29, 1.82) is 0 Å². The van der Waals surface area contributed by atoms with Crippen molar-refractivity contribution in [2.24, 2.45) is 0 Å². The van der Waals surface area contributed by atoms with Crippen molar-refractivity contribution in [2.45, 2.75) is 54.6 Å². The van der Waals surface area contributed by atoms with E-state index in [0.29, 0.717) is 5.01 Å². The Kier molecular flexibility index (Phi) is 18.9. The van der Waals surface area contributed by atoms with Crippen LogP contribution in [0.5, 0.6) is 0 Å². The molecule has 0 radical (unpaired) electrons. The fraction of sp³-hybridized carbons (Fsp3) is 0.667. The molecule has 3 N–H and O–H groups in total. The van der Waals surface area contributed by atoms with Gasteiger partial charge in [-0.3, -0.25) is 10.0 Å². The first-order valence-electron chi connectivity index (χ1n) is 6.14. The Morgan fingerprint density at radius 2 is 1.68 bits per heavy atom. The fourth-order valence-electron chi connectivity index (χ4n) is 0.592. The second kappa shape index (κ2) is 15.4. The van der Waals surface area contributed by atoms with E-state index in [2.05, 4.69) is 4.98 Å². The fourth-order valence-corrected chi connectivity index (χ4v) is 1.67. The second-order valence-corrected chi connectivity index (χ2v) is 4.45. The van der Waals surface area contributed by atoms with Crippen molar-refractivity contribution in [3.63, 3.8) is 0 Å². The summed E-state index contributed by atoms with van der Waals surface area (Å²) in [6, 6.07) is 0. The van der Waals surface area contributed by atoms with Gasteiger partial charge in [0, 0.05) is 6.10 Å². The lowest BCUT2D eigenvalue weighted by atomic mass is 10.5. The molecular weight excluding hydrogens is 288 g/mol. The molecule has 1 aromatic heterocycles. The van der Waals surface area contributed by atoms with E-state index in [4.69, 9.17) is 21.9 Å². The first-order valence-corrected chi connectivity index (χ1v) is 7.33. The van der Waals surface area contributed by atoms with Crippen LogP contribution in [-0.4, -0.2) is 27.3 Å². The van der Waals surface area contributed by atoms with Crippen LogP contribution in [-0.2, 0) is 0 Å². The summed E-state index contributed by atoms with van der Waals surface area (Å²) in [6.45, 7) is 13.2. The van der Waals surface area contributed by atoms with E-state index in [0.717, 1.165) is 11.3 Å². The second-order valence-electron chi connectivity index (χ2n) is 2.89. The number of hydroxylamine groups is 1. The standard InChI is InChI=1S/C5H5ClN2O2S.C3H8O.2C2H6/c1-2-7-4(6)3(11-2)5(9)8-10;1-3(2)4;2*1-2/h10H,1H3,(H,8,9);3-4H,1-2H3;2*1-2H3. The van der Waals surface area contributed by atoms with E-state index in [1.807, 2.05) is 27.7 Å². The Bertz CT molecular complexity index is 328. The number of nitrogens with zero attached hydrogens (tertiary/aromatic N) is 1. The highest BCUT2D eigenvalue weighted by molar-refractivity contribution is 7.14. The molecule has 5 nitrogen and oxygen atoms in total. The average molecular weight is 313 g/mol. The highest BCUT2D eigenvalue weighted by Gasteiger charge is 2.13. The number of aliphatic hydroxyl groups excluding tert-OH is 1. The average Bonchev–Trinajstić information content (AvgIpc) is 2.72. The Morgan fingerprint density at radius 3 is 1.89 bits per heavy atom. The van der Waals surface area contributed by atoms with Crippen LogP contribution in [0, 0.1) is 6.92 Å². The molecule has 0 saturated heterocycles. The normalized spacial score (nSPS) is 8.16. The summed E-state index contributed by atoms with van der Waals surface area (Å²) in [4.78, 5) is 14.8. The summed E-state index contributed by atoms with van der Waals surface area (Å²) in [5, 5.41) is 17.1. The van der Waals surface area contributed by atoms with Gasteiger partial charge in [-0.25, -0.2) is 10.5 Å². The largest absolute Gasteiger partial charge is 0.394 e. The van der Waals surface area contributed by atoms with Crippen LogP contribution in [0.2, 0.25) is 5.15 Å². The smallest absolute Gasteiger partial charge is 0.287 e. The summed E-state index contributed by atoms with van der Waals surface area (Å²) >= 11 is 6.68. The number of hydrogen-bond donors (Lipinski definition) is 3. The topological polar surface area (TPSA) is 82.5 Å². The van der Waals surface area contributed by atoms with E-state index in [-0.39, 0.29) is 16.1 Å². The molecule has 7 heteroatoms. The molecule has 0 bridgehead atoms. The Morgan fingerprint density at radius 1 is 1.32 bits per heavy atom. The molecule has 0 saturated carbocycles. The molecule has 1 amide bonds. The van der Waals surface area contributed by atoms with Crippen molar-refractivity contribution < 1.29 is 15.1 Å². The van der Waals surface area contributed by atoms with Crippen molar-refractivity contribution in [1.82, 2.24) is 10.5 Å². The predicted octanol–water partition coefficient (Wildman–Crippen LogP) is 3.66. The van der Waals surface area contributed by atoms with Gasteiger partial charge < -0.3 is 5.11 Å². The van der Waals surface area contributed by atoms with Crippen LogP contribution in [0.25, 0.3) is 0 Å². The number of thiazole rings is 1. The molecule has 0 fully saturated rings. The van der Waals surface area contributed by atoms with Gasteiger partial charge in [0.2, 0.25) is 0 Å². The van der Waals surface area contributed by atoms with Crippen LogP contribution < -0.4 is 5.48 Å². The lowest BCUT2D eigenvalue weighted by molar-refractivity contribution is 0.0711. The third-order valence-electron chi connectivity index (χ3n) is 1.00. The molecule has 1 rings (SSSR count). The van der Waals surface area contributed by atoms with E-state index < -0.39 is 5.91 Å². The number of hydrogen-bond acceptors (Lipinski definition) is 5. The highest BCUT2D eigenvalue weighted by Crippen LogP contribution is 2.21. The van der Waals surface area contributed by atoms with Crippen LogP contribution in [0.4, 0.5) is 0 Å². The molecule has 0 aliphatic heterocycles. The molecule has 114 valence electrons. The van der Waals surface area contributed by atoms with E-state index in [1.165, 1.54) is 5.48 Å². The van der Waals surface area contributed by atoms with Gasteiger partial charge in [-0.05, 0) is 20.8 Å². The summed E-state index contributed by atoms with van der Waals surface area (Å²) in [5.41, 5.74) is 1.48. The zero-order chi connectivity index (χ0) is 16.0. The molecule has 0 aliphatic carbocycles. The number of halogens is 1. The van der Waals surface area contributed by atoms with Crippen molar-refractivity contribution >= 4 is 28.8 Å². The molecule has 19 heavy (non-hydrogen) atoms. The number of aliphatic hydroxyl groups is 1. The van der Waals surface area contributed by atoms with Gasteiger partial charge in [-0.15, -0.1) is 11.3 Å². The van der Waals surface area contributed by atoms with Gasteiger partial charge in [0.25, 0.3) is 5.91 Å². The number of carbonyl (C=O) groups is 1. The number of nitrogens with one attached hydrogen (secondary N) is 1. The van der Waals surface area contributed by atoms with E-state index in [1.54, 1.807) is 20.8 Å². The quantitative estimate of drug-likeness (QED) is 0.546. The highest BCUT2D eigenvalue weighted by atomic mass is 35.5. The third-order valence-corrected chi connectivity index (χ3v) is 2.36. The number of amides is 1. The van der Waals surface area contributed by atoms with Crippen LogP contribution >= 0.6 is 22.9 Å². The third kappa shape index (κ3) is 13.5. The molecule has 0 aliphatic rings. The van der Waals surface area contributed by atoms with E-state index in [9.17, 15) is 4.79 Å². The van der Waals surface area contributed by atoms with Gasteiger partial charge in [0.15, 0.2) is 5.15 Å². The molecule has 1 heterocycles. The van der Waals surface area contributed by atoms with Crippen molar-refractivity contribution in [3.05, 3.63) is 15.0 Å². The van der Waals surface area contributed by atoms with E-state index >= 15 is 0 Å². The molecule has 1 aromatic rings. The monoisotopic (exact) mass is 312 g/mol. The molecule has 0 aromatic carbocycles. The Balaban J connectivity index is -0.000000271. The van der Waals surface area contributed by atoms with Crippen LogP contribution in [0.3, 0.4) is 0 Å². The summed E-state index contributed by atoms with van der Waals surface area (Å²) in [6.07, 6.45) is -0.167. The lowest BCUT2D eigenvalue weighted by Gasteiger charge is -1.91. The number of carbonyl (C=O) groups excluding carboxylic acids is 1. The van der Waals surface area contributed by atoms with Gasteiger partial charge >= 0.3 is 0 Å². The number of rotatable bonds is 1. The van der Waals surface area contributed by atoms with Crippen molar-refractivity contribution in [3.8, 4) is 0 Å². The predicted molar refractivity (Wildman–Crippen MR) is 81.2 cm³/mol. The maximum atomic E-state index is 10.8. The maximum Gasteiger partial charge on any atom is 0.287 e. The van der Waals surface area contributed by atoms with Gasteiger partial charge in [0.1, 0.15) is 4.88 Å². The molecule has 0 unspecified atom stereocenters. The van der Waals surface area contributed by atoms with Crippen LogP contribution in [0.15, 0.2) is 0 Å². The van der Waals surface area contributed by atoms with Crippen LogP contribution in [0.1, 0.15) is 56.2 Å². The Labute approximate surface area is 124 Å². The lowest BCUT2D eigenvalue weighted by Crippen LogP contribution is -2.17. The molecular formula is C12H25ClN2O3S. The zero-order valence-corrected chi connectivity index (χ0v) is 14.2. The first-order chi connectivity index (χ1) is 8.88. The first kappa shape index (κ1) is 23.4. The minimum Gasteiger partial charge on any atom is -0.394 e. The number of aryl methyl sites for hydroxylation is 1. The van der Waals surface area contributed by atoms with Gasteiger partial charge in [0.05, 0.1) is 5.01 Å². The molecule has 0 atom stereocenters. The molecule has 0 spiro atoms. The minimum absolute atomic E-state index is 0.124. The maximum absolute atomic E-state index is 10.8. The minimum atomic E-state index is -0.624. The summed E-state index contributed by atoms with van der Waals surface area (Å²) in [5.74, 6) is -0.624. The Hall–Kier alpha value is -0.690. The van der Waals surface area contributed by atoms with Gasteiger partial charge in [-0.1, -0.05) is 39.3 Å². The van der Waals surface area contributed by atoms with Gasteiger partial charge in [-0.2, -0.15) is 0 Å². The zero-order valence-electron chi connectivity index (χ0n) is 12.6. The summed E-state index contributed by atoms with van der Waals surface area (Å²) in [7, 11) is 0. The number of aromatic nitrogens is 1. The SMILES string of the molecule is CC.CC.CC(C)O.Cc1nc(Cl)c(C(=O)NO)s1. The summed E-state index contributed by atoms with van der Waals surface area (Å²) < 4.78 is 0. The van der Waals surface area contributed by atoms with Crippen molar-refractivity contribution in [2.75, 3.05) is 0 Å².